The second-order valence-electron chi connectivity index (χ2n) is 13.7. The fourth-order valence-corrected chi connectivity index (χ4v) is 6.48. The van der Waals surface area contributed by atoms with Gasteiger partial charge in [-0.1, -0.05) is 81.4 Å². The zero-order chi connectivity index (χ0) is 28.2. The van der Waals surface area contributed by atoms with Crippen LogP contribution in [0.15, 0.2) is 60.7 Å². The van der Waals surface area contributed by atoms with Gasteiger partial charge in [0.05, 0.1) is 0 Å². The Morgan fingerprint density at radius 2 is 1.36 bits per heavy atom. The predicted molar refractivity (Wildman–Crippen MR) is 158 cm³/mol. The fourth-order valence-electron chi connectivity index (χ4n) is 6.48. The Hall–Kier alpha value is -2.82. The lowest BCUT2D eigenvalue weighted by molar-refractivity contribution is -0.140. The second-order valence-corrected chi connectivity index (χ2v) is 13.7. The molecule has 5 heteroatoms. The molecule has 2 aromatic carbocycles. The van der Waals surface area contributed by atoms with E-state index in [1.165, 1.54) is 11.1 Å². The van der Waals surface area contributed by atoms with E-state index in [1.807, 2.05) is 20.8 Å². The topological polar surface area (TPSA) is 49.9 Å². The van der Waals surface area contributed by atoms with Gasteiger partial charge in [-0.25, -0.2) is 4.79 Å². The van der Waals surface area contributed by atoms with E-state index in [4.69, 9.17) is 4.74 Å². The summed E-state index contributed by atoms with van der Waals surface area (Å²) in [5, 5.41) is 0. The van der Waals surface area contributed by atoms with Crippen LogP contribution in [0.4, 0.5) is 4.79 Å². The number of rotatable bonds is 5. The molecule has 4 rings (SSSR count). The van der Waals surface area contributed by atoms with E-state index in [0.29, 0.717) is 37.3 Å². The fraction of sp³-hybridized carbons (Fsp3) is 0.588. The van der Waals surface area contributed by atoms with Gasteiger partial charge in [-0.15, -0.1) is 0 Å². The molecule has 2 atom stereocenters. The van der Waals surface area contributed by atoms with E-state index in [1.54, 1.807) is 4.90 Å². The van der Waals surface area contributed by atoms with Gasteiger partial charge in [-0.2, -0.15) is 0 Å². The molecule has 5 nitrogen and oxygen atoms in total. The summed E-state index contributed by atoms with van der Waals surface area (Å²) < 4.78 is 5.55. The molecule has 2 aliphatic heterocycles. The first kappa shape index (κ1) is 29.2. The lowest BCUT2D eigenvalue weighted by Gasteiger charge is -2.48. The van der Waals surface area contributed by atoms with Gasteiger partial charge in [-0.3, -0.25) is 4.79 Å². The van der Waals surface area contributed by atoms with E-state index >= 15 is 0 Å². The SMILES string of the molecule is CC(C)(C)OC(=O)N1CCC(CC(=O)N2CCC(C(c3ccccc3)c3ccccc3)CC2C(C)(C)C)CC1. The summed E-state index contributed by atoms with van der Waals surface area (Å²) >= 11 is 0. The van der Waals surface area contributed by atoms with E-state index < -0.39 is 5.60 Å². The molecule has 2 aromatic rings. The van der Waals surface area contributed by atoms with E-state index in [2.05, 4.69) is 86.3 Å². The third-order valence-corrected chi connectivity index (χ3v) is 8.48. The van der Waals surface area contributed by atoms with Crippen molar-refractivity contribution in [1.29, 1.82) is 0 Å². The van der Waals surface area contributed by atoms with Crippen molar-refractivity contribution in [2.24, 2.45) is 17.3 Å². The highest BCUT2D eigenvalue weighted by Gasteiger charge is 2.42. The Bertz CT molecular complexity index is 1040. The minimum atomic E-state index is -0.488. The molecule has 0 N–H and O–H groups in total. The second kappa shape index (κ2) is 12.1. The highest BCUT2D eigenvalue weighted by atomic mass is 16.6. The normalized spacial score (nSPS) is 21.2. The molecule has 0 radical (unpaired) electrons. The molecule has 39 heavy (non-hydrogen) atoms. The molecule has 0 saturated carbocycles. The van der Waals surface area contributed by atoms with Crippen LogP contribution in [0, 0.1) is 17.3 Å². The average molecular weight is 533 g/mol. The summed E-state index contributed by atoms with van der Waals surface area (Å²) in [6, 6.07) is 21.9. The van der Waals surface area contributed by atoms with Gasteiger partial charge < -0.3 is 14.5 Å². The lowest BCUT2D eigenvalue weighted by Crippen LogP contribution is -2.53. The minimum Gasteiger partial charge on any atom is -0.444 e. The quantitative estimate of drug-likeness (QED) is 0.400. The van der Waals surface area contributed by atoms with Crippen molar-refractivity contribution in [1.82, 2.24) is 9.80 Å². The monoisotopic (exact) mass is 532 g/mol. The number of likely N-dealkylation sites (tertiary alicyclic amines) is 2. The van der Waals surface area contributed by atoms with Crippen LogP contribution in [0.25, 0.3) is 0 Å². The molecule has 2 amide bonds. The number of hydrogen-bond donors (Lipinski definition) is 0. The molecular formula is C34H48N2O3. The van der Waals surface area contributed by atoms with Crippen LogP contribution in [0.3, 0.4) is 0 Å². The molecule has 212 valence electrons. The molecule has 2 saturated heterocycles. The number of carbonyl (C=O) groups excluding carboxylic acids is 2. The summed E-state index contributed by atoms with van der Waals surface area (Å²) in [6.07, 6.45) is 4.04. The first-order valence-electron chi connectivity index (χ1n) is 14.8. The summed E-state index contributed by atoms with van der Waals surface area (Å²) in [4.78, 5) is 30.2. The molecule has 0 aliphatic carbocycles. The number of hydrogen-bond acceptors (Lipinski definition) is 3. The molecule has 2 fully saturated rings. The van der Waals surface area contributed by atoms with Gasteiger partial charge in [0.2, 0.25) is 5.91 Å². The predicted octanol–water partition coefficient (Wildman–Crippen LogP) is 7.51. The number of piperidine rings is 2. The number of ether oxygens (including phenoxy) is 1. The standard InChI is InChI=1S/C34H48N2O3/c1-33(2,3)29-24-28(31(26-13-9-7-10-14-26)27-15-11-8-12-16-27)19-22-36(29)30(37)23-25-17-20-35(21-18-25)32(38)39-34(4,5)6/h7-16,25,28-29,31H,17-24H2,1-6H3. The highest BCUT2D eigenvalue weighted by molar-refractivity contribution is 5.77. The Balaban J connectivity index is 1.43. The van der Waals surface area contributed by atoms with Crippen LogP contribution in [0.2, 0.25) is 0 Å². The van der Waals surface area contributed by atoms with Crippen molar-refractivity contribution in [3.63, 3.8) is 0 Å². The van der Waals surface area contributed by atoms with Gasteiger partial charge in [0.1, 0.15) is 5.60 Å². The average Bonchev–Trinajstić information content (AvgIpc) is 2.89. The van der Waals surface area contributed by atoms with E-state index in [0.717, 1.165) is 32.2 Å². The van der Waals surface area contributed by atoms with E-state index in [9.17, 15) is 9.59 Å². The van der Waals surface area contributed by atoms with Crippen LogP contribution in [0.5, 0.6) is 0 Å². The Labute approximate surface area is 235 Å². The van der Waals surface area contributed by atoms with Crippen LogP contribution in [-0.2, 0) is 9.53 Å². The van der Waals surface area contributed by atoms with Crippen LogP contribution < -0.4 is 0 Å². The largest absolute Gasteiger partial charge is 0.444 e. The molecule has 0 bridgehead atoms. The third-order valence-electron chi connectivity index (χ3n) is 8.48. The molecule has 2 unspecified atom stereocenters. The van der Waals surface area contributed by atoms with Crippen molar-refractivity contribution in [2.75, 3.05) is 19.6 Å². The molecule has 2 heterocycles. The van der Waals surface area contributed by atoms with Crippen LogP contribution >= 0.6 is 0 Å². The molecular weight excluding hydrogens is 484 g/mol. The van der Waals surface area contributed by atoms with Gasteiger partial charge in [0, 0.05) is 38.0 Å². The maximum atomic E-state index is 13.8. The van der Waals surface area contributed by atoms with Crippen molar-refractivity contribution in [2.45, 2.75) is 91.2 Å². The number of carbonyl (C=O) groups is 2. The van der Waals surface area contributed by atoms with Crippen molar-refractivity contribution < 1.29 is 14.3 Å². The van der Waals surface area contributed by atoms with Gasteiger partial charge in [-0.05, 0) is 74.8 Å². The van der Waals surface area contributed by atoms with Gasteiger partial charge in [0.15, 0.2) is 0 Å². The maximum absolute atomic E-state index is 13.8. The summed E-state index contributed by atoms with van der Waals surface area (Å²) in [5.74, 6) is 1.39. The van der Waals surface area contributed by atoms with E-state index in [-0.39, 0.29) is 23.5 Å². The van der Waals surface area contributed by atoms with Crippen molar-refractivity contribution in [3.8, 4) is 0 Å². The summed E-state index contributed by atoms with van der Waals surface area (Å²) in [5.41, 5.74) is 2.22. The molecule has 0 spiro atoms. The zero-order valence-corrected chi connectivity index (χ0v) is 24.9. The number of amides is 2. The van der Waals surface area contributed by atoms with Crippen LogP contribution in [0.1, 0.15) is 90.7 Å². The Morgan fingerprint density at radius 1 is 0.821 bits per heavy atom. The molecule has 0 aromatic heterocycles. The number of nitrogens with zero attached hydrogens (tertiary/aromatic N) is 2. The third kappa shape index (κ3) is 7.64. The smallest absolute Gasteiger partial charge is 0.410 e. The number of benzene rings is 2. The molecule has 2 aliphatic rings. The summed E-state index contributed by atoms with van der Waals surface area (Å²) in [6.45, 7) is 14.6. The van der Waals surface area contributed by atoms with Crippen LogP contribution in [-0.4, -0.2) is 53.1 Å². The first-order valence-corrected chi connectivity index (χ1v) is 14.8. The van der Waals surface area contributed by atoms with Gasteiger partial charge in [0.25, 0.3) is 0 Å². The Kier molecular flexibility index (Phi) is 9.08. The summed E-state index contributed by atoms with van der Waals surface area (Å²) in [7, 11) is 0. The Morgan fingerprint density at radius 3 is 1.85 bits per heavy atom. The van der Waals surface area contributed by atoms with Crippen molar-refractivity contribution >= 4 is 12.0 Å². The lowest BCUT2D eigenvalue weighted by atomic mass is 9.69. The highest BCUT2D eigenvalue weighted by Crippen LogP contribution is 2.44. The zero-order valence-electron chi connectivity index (χ0n) is 24.9. The van der Waals surface area contributed by atoms with Gasteiger partial charge >= 0.3 is 6.09 Å². The maximum Gasteiger partial charge on any atom is 0.410 e. The van der Waals surface area contributed by atoms with Crippen molar-refractivity contribution in [3.05, 3.63) is 71.8 Å². The minimum absolute atomic E-state index is 0.00761. The first-order chi connectivity index (χ1) is 18.4.